The standard InChI is InChI=1S/C74H94O17/c1-9-14-18-22-32-84-71-57-36-53(48-88-65(76)13-5)37-58(71)45-61-40-55(50-90-69(80)30-28-66(77)82-7)41-63(73(61)86-34-24-20-16-11-3)47-64-43-56(51-91-70(81)31-29-67(78)83-8)42-62(74(64)87-35-25-21-17-12-4)46-60-39-54(49-89-68(79)27-26-52(6)75)38-59(44-57)72(60)85-33-23-19-15-10-2/h13,26-31,36-43H,5,9-12,14-25,32-35,44-51H2,1-4,6-8H3/b27-26-,30-28-,31-29-. The maximum Gasteiger partial charge on any atom is 0.331 e. The molecule has 1 aliphatic carbocycles. The van der Waals surface area contributed by atoms with Gasteiger partial charge >= 0.3 is 35.8 Å². The highest BCUT2D eigenvalue weighted by Crippen LogP contribution is 2.42. The fourth-order valence-corrected chi connectivity index (χ4v) is 10.5. The molecule has 0 saturated heterocycles. The zero-order valence-corrected chi connectivity index (χ0v) is 54.6. The number of rotatable bonds is 39. The summed E-state index contributed by atoms with van der Waals surface area (Å²) in [4.78, 5) is 88.7. The number of ketones is 1. The summed E-state index contributed by atoms with van der Waals surface area (Å²) in [6, 6.07) is 15.6. The average molecular weight is 1260 g/mol. The molecule has 17 nitrogen and oxygen atoms in total. The first-order valence-corrected chi connectivity index (χ1v) is 32.2. The lowest BCUT2D eigenvalue weighted by atomic mass is 9.88. The van der Waals surface area contributed by atoms with Crippen LogP contribution in [0.4, 0.5) is 0 Å². The van der Waals surface area contributed by atoms with Gasteiger partial charge in [-0.1, -0.05) is 111 Å². The van der Waals surface area contributed by atoms with Gasteiger partial charge < -0.3 is 47.4 Å². The first kappa shape index (κ1) is 73.3. The van der Waals surface area contributed by atoms with E-state index in [1.54, 1.807) is 0 Å². The van der Waals surface area contributed by atoms with E-state index in [4.69, 9.17) is 47.4 Å². The second-order valence-corrected chi connectivity index (χ2v) is 22.6. The Balaban J connectivity index is 1.98. The first-order valence-electron chi connectivity index (χ1n) is 32.2. The van der Waals surface area contributed by atoms with Crippen molar-refractivity contribution >= 4 is 41.6 Å². The summed E-state index contributed by atoms with van der Waals surface area (Å²) < 4.78 is 61.0. The number of methoxy groups -OCH3 is 2. The van der Waals surface area contributed by atoms with Crippen molar-refractivity contribution in [2.45, 2.75) is 189 Å². The zero-order valence-electron chi connectivity index (χ0n) is 54.6. The van der Waals surface area contributed by atoms with Gasteiger partial charge in [-0.05, 0) is 154 Å². The fourth-order valence-electron chi connectivity index (χ4n) is 10.5. The predicted molar refractivity (Wildman–Crippen MR) is 347 cm³/mol. The van der Waals surface area contributed by atoms with Gasteiger partial charge in [0.1, 0.15) is 49.4 Å². The van der Waals surface area contributed by atoms with Gasteiger partial charge in [-0.2, -0.15) is 0 Å². The van der Waals surface area contributed by atoms with Gasteiger partial charge in [0.25, 0.3) is 0 Å². The average Bonchev–Trinajstić information content (AvgIpc) is 1.000. The minimum absolute atomic E-state index is 0.104. The highest BCUT2D eigenvalue weighted by Gasteiger charge is 2.26. The monoisotopic (exact) mass is 1250 g/mol. The smallest absolute Gasteiger partial charge is 0.331 e. The van der Waals surface area contributed by atoms with Gasteiger partial charge in [0, 0.05) is 62.1 Å². The highest BCUT2D eigenvalue weighted by molar-refractivity contribution is 5.94. The van der Waals surface area contributed by atoms with Crippen LogP contribution in [0.1, 0.15) is 204 Å². The molecule has 0 spiro atoms. The normalized spacial score (nSPS) is 11.9. The van der Waals surface area contributed by atoms with Gasteiger partial charge in [-0.25, -0.2) is 28.8 Å². The molecule has 5 rings (SSSR count). The van der Waals surface area contributed by atoms with Crippen LogP contribution in [0, 0.1) is 0 Å². The van der Waals surface area contributed by atoms with Crippen LogP contribution in [0.2, 0.25) is 0 Å². The van der Waals surface area contributed by atoms with Crippen molar-refractivity contribution in [2.75, 3.05) is 40.6 Å². The molecule has 91 heavy (non-hydrogen) atoms. The highest BCUT2D eigenvalue weighted by atomic mass is 16.6. The Kier molecular flexibility index (Phi) is 33.0. The van der Waals surface area contributed by atoms with Crippen LogP contribution in [0.15, 0.2) is 97.6 Å². The van der Waals surface area contributed by atoms with Crippen molar-refractivity contribution in [2.24, 2.45) is 0 Å². The van der Waals surface area contributed by atoms with Crippen LogP contribution in [0.5, 0.6) is 23.0 Å². The van der Waals surface area contributed by atoms with Crippen molar-refractivity contribution in [3.05, 3.63) is 164 Å². The third-order valence-corrected chi connectivity index (χ3v) is 15.0. The van der Waals surface area contributed by atoms with Crippen LogP contribution in [-0.4, -0.2) is 82.2 Å². The van der Waals surface area contributed by atoms with E-state index in [2.05, 4.69) is 34.3 Å². The Morgan fingerprint density at radius 1 is 0.341 bits per heavy atom. The fraction of sp³-hybridized carbons (Fsp3) is 0.473. The Hall–Kier alpha value is -8.47. The van der Waals surface area contributed by atoms with Crippen LogP contribution < -0.4 is 18.9 Å². The van der Waals surface area contributed by atoms with Gasteiger partial charge in [0.2, 0.25) is 0 Å². The molecule has 0 N–H and O–H groups in total. The number of allylic oxidation sites excluding steroid dienone is 1. The lowest BCUT2D eigenvalue weighted by molar-refractivity contribution is -0.140. The van der Waals surface area contributed by atoms with Crippen molar-refractivity contribution in [3.8, 4) is 23.0 Å². The quantitative estimate of drug-likeness (QED) is 0.0155. The molecule has 0 heterocycles. The summed E-state index contributed by atoms with van der Waals surface area (Å²) in [6.07, 6.45) is 23.1. The second kappa shape index (κ2) is 41.0. The van der Waals surface area contributed by atoms with E-state index >= 15 is 0 Å². The van der Waals surface area contributed by atoms with Crippen molar-refractivity contribution in [1.82, 2.24) is 0 Å². The molecular formula is C74H94O17. The number of hydrogen-bond donors (Lipinski definition) is 0. The minimum atomic E-state index is -0.773. The molecule has 8 bridgehead atoms. The van der Waals surface area contributed by atoms with Crippen LogP contribution in [-0.2, 0) is 114 Å². The molecule has 0 saturated carbocycles. The zero-order chi connectivity index (χ0) is 65.8. The van der Waals surface area contributed by atoms with Crippen molar-refractivity contribution < 1.29 is 80.9 Å². The Bertz CT molecular complexity index is 3160. The molecule has 0 fully saturated rings. The summed E-state index contributed by atoms with van der Waals surface area (Å²) in [5.74, 6) is -2.23. The molecule has 0 unspecified atom stereocenters. The molecule has 0 radical (unpaired) electrons. The van der Waals surface area contributed by atoms with Gasteiger partial charge in [-0.15, -0.1) is 0 Å². The van der Waals surface area contributed by atoms with E-state index in [1.165, 1.54) is 21.1 Å². The number of esters is 6. The second-order valence-electron chi connectivity index (χ2n) is 22.6. The summed E-state index contributed by atoms with van der Waals surface area (Å²) in [5, 5.41) is 0. The minimum Gasteiger partial charge on any atom is -0.493 e. The van der Waals surface area contributed by atoms with Crippen LogP contribution in [0.25, 0.3) is 0 Å². The van der Waals surface area contributed by atoms with Crippen LogP contribution >= 0.6 is 0 Å². The molecule has 1 aliphatic rings. The Morgan fingerprint density at radius 3 is 0.791 bits per heavy atom. The molecule has 0 aliphatic heterocycles. The van der Waals surface area contributed by atoms with E-state index in [-0.39, 0.29) is 57.9 Å². The number of ether oxygens (including phenoxy) is 10. The number of carbonyl (C=O) groups is 7. The molecule has 17 heteroatoms. The van der Waals surface area contributed by atoms with E-state index < -0.39 is 35.8 Å². The lowest BCUT2D eigenvalue weighted by Crippen LogP contribution is -2.13. The van der Waals surface area contributed by atoms with Gasteiger partial charge in [0.15, 0.2) is 5.78 Å². The van der Waals surface area contributed by atoms with Crippen LogP contribution in [0.3, 0.4) is 0 Å². The third-order valence-electron chi connectivity index (χ3n) is 15.0. The topological polar surface area (TPSA) is 212 Å². The molecule has 0 atom stereocenters. The molecule has 0 amide bonds. The SMILES string of the molecule is C=CC(=O)OCc1cc2c(OCCCCCC)c(c1)Cc1cc(COC(=O)/C=C\C(=O)OC)cc(c1OCCCCCC)Cc1cc(COC(=O)/C=C\C(=O)OC)cc(c1OCCCCCC)Cc1cc(COC(=O)/C=C\C(C)=O)cc(c1OCCCCCC)C2. The summed E-state index contributed by atoms with van der Waals surface area (Å²) in [6.45, 7) is 14.4. The van der Waals surface area contributed by atoms with E-state index in [0.717, 1.165) is 173 Å². The molecule has 0 aromatic heterocycles. The number of carbonyl (C=O) groups excluding carboxylic acids is 7. The largest absolute Gasteiger partial charge is 0.493 e. The van der Waals surface area contributed by atoms with E-state index in [9.17, 15) is 33.6 Å². The van der Waals surface area contributed by atoms with Crippen molar-refractivity contribution in [1.29, 1.82) is 0 Å². The maximum atomic E-state index is 13.3. The van der Waals surface area contributed by atoms with E-state index in [1.807, 2.05) is 48.5 Å². The molecule has 4 aromatic carbocycles. The lowest BCUT2D eigenvalue weighted by Gasteiger charge is -2.25. The molecule has 4 aromatic rings. The third kappa shape index (κ3) is 26.1. The number of unbranched alkanes of at least 4 members (excludes halogenated alkanes) is 12. The van der Waals surface area contributed by atoms with E-state index in [0.29, 0.717) is 88.4 Å². The Morgan fingerprint density at radius 2 is 0.571 bits per heavy atom. The van der Waals surface area contributed by atoms with Crippen molar-refractivity contribution in [3.63, 3.8) is 0 Å². The number of benzene rings is 4. The summed E-state index contributed by atoms with van der Waals surface area (Å²) in [7, 11) is 2.43. The molecular weight excluding hydrogens is 1160 g/mol. The summed E-state index contributed by atoms with van der Waals surface area (Å²) >= 11 is 0. The summed E-state index contributed by atoms with van der Waals surface area (Å²) in [5.41, 5.74) is 8.31. The number of fused-ring (bicyclic) bond motifs is 8. The Labute approximate surface area is 537 Å². The predicted octanol–water partition coefficient (Wildman–Crippen LogP) is 14.2. The first-order chi connectivity index (χ1) is 44.1. The van der Waals surface area contributed by atoms with Gasteiger partial charge in [0.05, 0.1) is 40.6 Å². The van der Waals surface area contributed by atoms with Gasteiger partial charge in [-0.3, -0.25) is 4.79 Å². The maximum absolute atomic E-state index is 13.3. The molecule has 492 valence electrons. The number of hydrogen-bond acceptors (Lipinski definition) is 17.